The monoisotopic (exact) mass is 1420 g/mol. The van der Waals surface area contributed by atoms with E-state index in [0.29, 0.717) is 16.9 Å². The molecule has 102 heavy (non-hydrogen) atoms. The maximum absolute atomic E-state index is 13.6. The number of hydrogen-bond donors (Lipinski definition) is 5. The van der Waals surface area contributed by atoms with Crippen LogP contribution in [0.25, 0.3) is 20.7 Å². The molecule has 28 nitrogen and oxygen atoms in total. The molecule has 0 spiro atoms. The van der Waals surface area contributed by atoms with Crippen LogP contribution in [-0.4, -0.2) is 126 Å². The SMILES string of the molecule is C.C[C@@]1(OC(=O)c2ccccc2)[C@H](OC(=O)c2ccccc2)[C@@H](COC(=O)c2ccccc2)O[C@H]1n1c(=O)sc2c(=O)[nH]c(N)nc21.C[C@]1(OC(=O)c2ccccc2)C(OC(=O)c2ccccc2)O[C@H](COC(=O)c2ccccc2)[C@H]1OC(=O)c1ccccc1.Nc1nc2[nH]c(=O)sc2c(=O)[nH]1. The van der Waals surface area contributed by atoms with Crippen LogP contribution in [0.15, 0.2) is 232 Å². The molecule has 522 valence electrons. The van der Waals surface area contributed by atoms with Gasteiger partial charge in [-0.25, -0.2) is 33.6 Å². The van der Waals surface area contributed by atoms with Gasteiger partial charge in [-0.3, -0.25) is 38.7 Å². The van der Waals surface area contributed by atoms with Gasteiger partial charge in [-0.15, -0.1) is 0 Å². The molecule has 0 aliphatic carbocycles. The number of thiazole rings is 2. The molecule has 2 aliphatic rings. The third-order valence-electron chi connectivity index (χ3n) is 15.5. The molecular formula is C72H62N8O20S2. The molecule has 13 rings (SSSR count). The Hall–Kier alpha value is -12.5. The van der Waals surface area contributed by atoms with Gasteiger partial charge in [0.05, 0.1) is 38.9 Å². The maximum atomic E-state index is 13.6. The Labute approximate surface area is 585 Å². The van der Waals surface area contributed by atoms with Crippen LogP contribution in [0.1, 0.15) is 100 Å². The Morgan fingerprint density at radius 2 is 0.784 bits per heavy atom. The summed E-state index contributed by atoms with van der Waals surface area (Å²) < 4.78 is 54.3. The lowest BCUT2D eigenvalue weighted by atomic mass is 9.95. The van der Waals surface area contributed by atoms with Crippen LogP contribution in [-0.2, 0) is 42.6 Å². The number of anilines is 2. The van der Waals surface area contributed by atoms with E-state index in [1.807, 2.05) is 0 Å². The van der Waals surface area contributed by atoms with E-state index in [1.54, 1.807) is 188 Å². The minimum absolute atomic E-state index is 0. The number of carbonyl (C=O) groups is 7. The lowest BCUT2D eigenvalue weighted by molar-refractivity contribution is -0.175. The molecule has 8 atom stereocenters. The van der Waals surface area contributed by atoms with Gasteiger partial charge >= 0.3 is 51.5 Å². The molecule has 2 fully saturated rings. The van der Waals surface area contributed by atoms with E-state index < -0.39 is 114 Å². The summed E-state index contributed by atoms with van der Waals surface area (Å²) in [6.45, 7) is 1.99. The van der Waals surface area contributed by atoms with Crippen LogP contribution < -0.4 is 32.3 Å². The number of nitrogens with two attached hydrogens (primary N) is 2. The van der Waals surface area contributed by atoms with E-state index in [9.17, 15) is 52.7 Å². The van der Waals surface area contributed by atoms with E-state index in [2.05, 4.69) is 24.9 Å². The average molecular weight is 1420 g/mol. The molecule has 0 amide bonds. The summed E-state index contributed by atoms with van der Waals surface area (Å²) in [5, 5.41) is 0. The highest BCUT2D eigenvalue weighted by Crippen LogP contribution is 2.45. The first-order chi connectivity index (χ1) is 48.7. The number of ether oxygens (including phenoxy) is 9. The second-order valence-corrected chi connectivity index (χ2v) is 24.4. The van der Waals surface area contributed by atoms with Gasteiger partial charge < -0.3 is 54.1 Å². The molecule has 2 saturated heterocycles. The van der Waals surface area contributed by atoms with Crippen LogP contribution >= 0.6 is 22.7 Å². The highest BCUT2D eigenvalue weighted by atomic mass is 32.1. The summed E-state index contributed by atoms with van der Waals surface area (Å²) in [4.78, 5) is 154. The third kappa shape index (κ3) is 16.4. The van der Waals surface area contributed by atoms with E-state index in [0.717, 1.165) is 15.9 Å². The number of nitrogen functional groups attached to an aromatic ring is 2. The Morgan fingerprint density at radius 1 is 0.441 bits per heavy atom. The zero-order chi connectivity index (χ0) is 71.4. The van der Waals surface area contributed by atoms with Crippen molar-refractivity contribution in [2.24, 2.45) is 0 Å². The predicted octanol–water partition coefficient (Wildman–Crippen LogP) is 8.48. The number of hydrogen-bond acceptors (Lipinski definition) is 26. The topological polar surface area (TPSA) is 401 Å². The van der Waals surface area contributed by atoms with Crippen molar-refractivity contribution in [2.75, 3.05) is 24.7 Å². The van der Waals surface area contributed by atoms with Crippen molar-refractivity contribution in [1.82, 2.24) is 29.5 Å². The molecule has 7 aromatic carbocycles. The van der Waals surface area contributed by atoms with E-state index in [4.69, 9.17) is 54.1 Å². The second-order valence-electron chi connectivity index (χ2n) is 22.5. The van der Waals surface area contributed by atoms with Crippen molar-refractivity contribution in [3.8, 4) is 0 Å². The Balaban J connectivity index is 0.000000187. The average Bonchev–Trinajstić information content (AvgIpc) is 1.56. The molecule has 7 N–H and O–H groups in total. The third-order valence-corrected chi connectivity index (χ3v) is 17.3. The molecule has 11 aromatic rings. The van der Waals surface area contributed by atoms with Gasteiger partial charge in [-0.05, 0) is 98.8 Å². The molecule has 0 bridgehead atoms. The number of esters is 7. The molecule has 4 aromatic heterocycles. The second kappa shape index (κ2) is 32.0. The number of rotatable bonds is 17. The first kappa shape index (κ1) is 72.2. The molecule has 0 radical (unpaired) electrons. The van der Waals surface area contributed by atoms with Crippen LogP contribution in [0, 0.1) is 0 Å². The number of H-pyrrole nitrogens is 3. The molecule has 6 heterocycles. The Bertz CT molecular complexity index is 5070. The summed E-state index contributed by atoms with van der Waals surface area (Å²) in [7, 11) is 0. The first-order valence-corrected chi connectivity index (χ1v) is 32.2. The van der Waals surface area contributed by atoms with Crippen molar-refractivity contribution in [2.45, 2.75) is 69.4 Å². The number of aromatic nitrogens is 6. The smallest absolute Gasteiger partial charge is 0.340 e. The Morgan fingerprint density at radius 3 is 1.21 bits per heavy atom. The summed E-state index contributed by atoms with van der Waals surface area (Å²) in [6, 6.07) is 57.1. The standard InChI is InChI=1S/C34H28O9.C32H26N4O9S.C5H4N4O2S.CH4/c1-34(43-32(38)26-20-12-5-13-21-26)28(41-30(36)24-16-8-3-9-17-24)27(22-39-29(35)23-14-6-2-7-15-23)40-33(34)42-31(37)25-18-10-4-11-19-25;1-32(45-28(40)20-15-9-4-10-16-20)23(44-27(39)19-13-7-3-8-14-19)21(17-42-26(38)18-11-5-2-6-12-18)43-29(32)36-24-22(46-31(36)41)25(37)35-30(33)34-24;6-4-7-2-1(3(10)9-4)12-5(11)8-2;/h2-21,27-28,33H,22H2,1H3;2-16,21,23,29H,17H2,1H3,(H3,33,34,35,37);(H4,6,7,8,9,10,11);1H4/t27-,28-,33?,34-;21-,23-,29-,32-;;/m11../s1. The fourth-order valence-electron chi connectivity index (χ4n) is 10.6. The number of carbonyl (C=O) groups excluding carboxylic acids is 7. The largest absolute Gasteiger partial charge is 0.459 e. The van der Waals surface area contributed by atoms with Gasteiger partial charge in [-0.1, -0.05) is 157 Å². The first-order valence-electron chi connectivity index (χ1n) is 30.6. The number of nitrogens with one attached hydrogen (secondary N) is 3. The number of nitrogens with zero attached hydrogens (tertiary/aromatic N) is 3. The normalized spacial score (nSPS) is 19.4. The van der Waals surface area contributed by atoms with Gasteiger partial charge in [-0.2, -0.15) is 9.97 Å². The molecule has 30 heteroatoms. The fourth-order valence-corrected chi connectivity index (χ4v) is 12.1. The fraction of sp³-hybridized carbons (Fsp3) is 0.181. The van der Waals surface area contributed by atoms with Gasteiger partial charge in [0.1, 0.15) is 34.8 Å². The van der Waals surface area contributed by atoms with Crippen LogP contribution in [0.3, 0.4) is 0 Å². The lowest BCUT2D eigenvalue weighted by Crippen LogP contribution is -2.53. The minimum Gasteiger partial charge on any atom is -0.459 e. The highest BCUT2D eigenvalue weighted by Gasteiger charge is 2.63. The number of benzene rings is 7. The molecule has 0 saturated carbocycles. The number of fused-ring (bicyclic) bond motifs is 2. The van der Waals surface area contributed by atoms with Crippen molar-refractivity contribution in [3.05, 3.63) is 291 Å². The van der Waals surface area contributed by atoms with Crippen molar-refractivity contribution in [1.29, 1.82) is 0 Å². The maximum Gasteiger partial charge on any atom is 0.340 e. The summed E-state index contributed by atoms with van der Waals surface area (Å²) in [6.07, 6.45) is -8.30. The Kier molecular flexibility index (Phi) is 22.7. The highest BCUT2D eigenvalue weighted by molar-refractivity contribution is 7.16. The van der Waals surface area contributed by atoms with Gasteiger partial charge in [0, 0.05) is 0 Å². The lowest BCUT2D eigenvalue weighted by Gasteiger charge is -2.34. The summed E-state index contributed by atoms with van der Waals surface area (Å²) >= 11 is 1.39. The quantitative estimate of drug-likeness (QED) is 0.0421. The van der Waals surface area contributed by atoms with Crippen LogP contribution in [0.4, 0.5) is 11.9 Å². The zero-order valence-corrected chi connectivity index (χ0v) is 54.7. The predicted molar refractivity (Wildman–Crippen MR) is 371 cm³/mol. The summed E-state index contributed by atoms with van der Waals surface area (Å²) in [5.74, 6) is -5.50. The molecule has 2 aliphatic heterocycles. The van der Waals surface area contributed by atoms with E-state index in [-0.39, 0.29) is 83.8 Å². The summed E-state index contributed by atoms with van der Waals surface area (Å²) in [5.41, 5.74) is 7.87. The molecule has 1 unspecified atom stereocenters. The van der Waals surface area contributed by atoms with Crippen molar-refractivity contribution < 1.29 is 76.2 Å². The van der Waals surface area contributed by atoms with Gasteiger partial charge in [0.15, 0.2) is 35.3 Å². The van der Waals surface area contributed by atoms with Crippen molar-refractivity contribution in [3.63, 3.8) is 0 Å². The van der Waals surface area contributed by atoms with Crippen LogP contribution in [0.5, 0.6) is 0 Å². The number of aromatic amines is 3. The van der Waals surface area contributed by atoms with E-state index in [1.165, 1.54) is 38.1 Å². The molecular weight excluding hydrogens is 1360 g/mol. The zero-order valence-electron chi connectivity index (χ0n) is 53.1. The van der Waals surface area contributed by atoms with E-state index >= 15 is 0 Å². The van der Waals surface area contributed by atoms with Crippen molar-refractivity contribution >= 4 is 97.0 Å². The van der Waals surface area contributed by atoms with Crippen LogP contribution in [0.2, 0.25) is 0 Å². The van der Waals surface area contributed by atoms with Gasteiger partial charge in [0.2, 0.25) is 23.8 Å². The minimum atomic E-state index is -1.95. The van der Waals surface area contributed by atoms with Gasteiger partial charge in [0.25, 0.3) is 11.1 Å².